The fraction of sp³-hybridized carbons (Fsp3) is 0.417. The number of hydrogen-bond acceptors (Lipinski definition) is 2. The first-order valence-corrected chi connectivity index (χ1v) is 5.08. The monoisotopic (exact) mass is 190 g/mol. The lowest BCUT2D eigenvalue weighted by molar-refractivity contribution is -0.125. The highest BCUT2D eigenvalue weighted by Crippen LogP contribution is 2.28. The Morgan fingerprint density at radius 3 is 3.00 bits per heavy atom. The summed E-state index contributed by atoms with van der Waals surface area (Å²) < 4.78 is 5.57. The summed E-state index contributed by atoms with van der Waals surface area (Å²) in [7, 11) is 0. The van der Waals surface area contributed by atoms with Crippen LogP contribution in [0.2, 0.25) is 0 Å². The van der Waals surface area contributed by atoms with E-state index < -0.39 is 0 Å². The molecule has 0 aromatic heterocycles. The van der Waals surface area contributed by atoms with Crippen LogP contribution in [0.15, 0.2) is 24.3 Å². The van der Waals surface area contributed by atoms with Crippen LogP contribution < -0.4 is 4.74 Å². The number of ketones is 1. The highest BCUT2D eigenvalue weighted by Gasteiger charge is 2.27. The van der Waals surface area contributed by atoms with Crippen LogP contribution in [-0.2, 0) is 11.2 Å². The number of ether oxygens (including phenoxy) is 1. The Morgan fingerprint density at radius 2 is 2.29 bits per heavy atom. The van der Waals surface area contributed by atoms with E-state index >= 15 is 0 Å². The summed E-state index contributed by atoms with van der Waals surface area (Å²) in [5.74, 6) is 1.10. The molecule has 0 amide bonds. The quantitative estimate of drug-likeness (QED) is 0.731. The standard InChI is InChI=1S/C12H14O2/c1-2-5-10(13)12-8-9-6-3-4-7-11(9)14-12/h3-4,6-7,12H,2,5,8H2,1H3. The van der Waals surface area contributed by atoms with Crippen LogP contribution in [0.1, 0.15) is 25.3 Å². The molecule has 0 radical (unpaired) electrons. The van der Waals surface area contributed by atoms with E-state index in [0.29, 0.717) is 6.42 Å². The third-order valence-corrected chi connectivity index (χ3v) is 2.50. The maximum atomic E-state index is 11.6. The van der Waals surface area contributed by atoms with Crippen molar-refractivity contribution in [2.24, 2.45) is 0 Å². The average molecular weight is 190 g/mol. The summed E-state index contributed by atoms with van der Waals surface area (Å²) in [5, 5.41) is 0. The van der Waals surface area contributed by atoms with Crippen molar-refractivity contribution in [1.29, 1.82) is 0 Å². The third kappa shape index (κ3) is 1.65. The van der Waals surface area contributed by atoms with Gasteiger partial charge in [0.1, 0.15) is 5.75 Å². The Balaban J connectivity index is 2.08. The van der Waals surface area contributed by atoms with E-state index in [1.165, 1.54) is 0 Å². The van der Waals surface area contributed by atoms with E-state index in [-0.39, 0.29) is 11.9 Å². The van der Waals surface area contributed by atoms with Crippen LogP contribution in [0.5, 0.6) is 5.75 Å². The molecule has 1 aliphatic heterocycles. The molecule has 1 unspecified atom stereocenters. The molecule has 1 atom stereocenters. The maximum Gasteiger partial charge on any atom is 0.173 e. The number of Topliss-reactive ketones (excluding diaryl/α,β-unsaturated/α-hetero) is 1. The Labute approximate surface area is 83.9 Å². The number of carbonyl (C=O) groups excluding carboxylic acids is 1. The van der Waals surface area contributed by atoms with Crippen LogP contribution in [0, 0.1) is 0 Å². The van der Waals surface area contributed by atoms with Gasteiger partial charge in [-0.3, -0.25) is 4.79 Å². The van der Waals surface area contributed by atoms with Gasteiger partial charge in [0.25, 0.3) is 0 Å². The van der Waals surface area contributed by atoms with Crippen molar-refractivity contribution in [3.05, 3.63) is 29.8 Å². The molecule has 0 spiro atoms. The van der Waals surface area contributed by atoms with Crippen molar-refractivity contribution in [3.8, 4) is 5.75 Å². The number of carbonyl (C=O) groups is 1. The molecular formula is C12H14O2. The number of fused-ring (bicyclic) bond motifs is 1. The number of benzene rings is 1. The summed E-state index contributed by atoms with van der Waals surface area (Å²) in [5.41, 5.74) is 1.15. The third-order valence-electron chi connectivity index (χ3n) is 2.50. The number of rotatable bonds is 3. The predicted octanol–water partition coefficient (Wildman–Crippen LogP) is 2.36. The molecule has 0 N–H and O–H groups in total. The Morgan fingerprint density at radius 1 is 1.50 bits per heavy atom. The lowest BCUT2D eigenvalue weighted by Crippen LogP contribution is -2.24. The minimum Gasteiger partial charge on any atom is -0.482 e. The molecule has 2 rings (SSSR count). The first-order chi connectivity index (χ1) is 6.81. The molecular weight excluding hydrogens is 176 g/mol. The summed E-state index contributed by atoms with van der Waals surface area (Å²) in [6.07, 6.45) is 2.04. The summed E-state index contributed by atoms with van der Waals surface area (Å²) in [6, 6.07) is 7.86. The molecule has 2 nitrogen and oxygen atoms in total. The first-order valence-electron chi connectivity index (χ1n) is 5.08. The van der Waals surface area contributed by atoms with Gasteiger partial charge >= 0.3 is 0 Å². The second-order valence-electron chi connectivity index (χ2n) is 3.63. The van der Waals surface area contributed by atoms with Crippen LogP contribution in [0.25, 0.3) is 0 Å². The smallest absolute Gasteiger partial charge is 0.173 e. The van der Waals surface area contributed by atoms with Gasteiger partial charge in [-0.15, -0.1) is 0 Å². The highest BCUT2D eigenvalue weighted by atomic mass is 16.5. The molecule has 0 fully saturated rings. The molecule has 1 heterocycles. The Kier molecular flexibility index (Phi) is 2.53. The molecule has 74 valence electrons. The summed E-state index contributed by atoms with van der Waals surface area (Å²) >= 11 is 0. The fourth-order valence-electron chi connectivity index (χ4n) is 1.77. The molecule has 0 saturated heterocycles. The van der Waals surface area contributed by atoms with E-state index in [0.717, 1.165) is 24.2 Å². The normalized spacial score (nSPS) is 18.8. The molecule has 1 aromatic carbocycles. The molecule has 1 aromatic rings. The lowest BCUT2D eigenvalue weighted by Gasteiger charge is -2.07. The minimum atomic E-state index is -0.229. The Bertz CT molecular complexity index is 319. The maximum absolute atomic E-state index is 11.6. The lowest BCUT2D eigenvalue weighted by atomic mass is 10.1. The summed E-state index contributed by atoms with van der Waals surface area (Å²) in [4.78, 5) is 11.6. The molecule has 0 saturated carbocycles. The molecule has 1 aliphatic rings. The van der Waals surface area contributed by atoms with Crippen molar-refractivity contribution in [2.75, 3.05) is 0 Å². The van der Waals surface area contributed by atoms with Gasteiger partial charge in [-0.2, -0.15) is 0 Å². The number of hydrogen-bond donors (Lipinski definition) is 0. The molecule has 14 heavy (non-hydrogen) atoms. The highest BCUT2D eigenvalue weighted by molar-refractivity contribution is 5.84. The van der Waals surface area contributed by atoms with Crippen molar-refractivity contribution >= 4 is 5.78 Å². The Hall–Kier alpha value is -1.31. The zero-order chi connectivity index (χ0) is 9.97. The number of para-hydroxylation sites is 1. The zero-order valence-corrected chi connectivity index (χ0v) is 8.32. The van der Waals surface area contributed by atoms with Gasteiger partial charge in [0.15, 0.2) is 11.9 Å². The van der Waals surface area contributed by atoms with Gasteiger partial charge in [0, 0.05) is 12.8 Å². The van der Waals surface area contributed by atoms with Crippen molar-refractivity contribution in [2.45, 2.75) is 32.3 Å². The van der Waals surface area contributed by atoms with Crippen LogP contribution >= 0.6 is 0 Å². The van der Waals surface area contributed by atoms with Gasteiger partial charge in [-0.25, -0.2) is 0 Å². The zero-order valence-electron chi connectivity index (χ0n) is 8.32. The van der Waals surface area contributed by atoms with Crippen LogP contribution in [-0.4, -0.2) is 11.9 Å². The molecule has 2 heteroatoms. The topological polar surface area (TPSA) is 26.3 Å². The van der Waals surface area contributed by atoms with E-state index in [4.69, 9.17) is 4.74 Å². The van der Waals surface area contributed by atoms with E-state index in [9.17, 15) is 4.79 Å². The van der Waals surface area contributed by atoms with Gasteiger partial charge in [0.05, 0.1) is 0 Å². The van der Waals surface area contributed by atoms with Gasteiger partial charge in [0.2, 0.25) is 0 Å². The van der Waals surface area contributed by atoms with Gasteiger partial charge < -0.3 is 4.74 Å². The van der Waals surface area contributed by atoms with Gasteiger partial charge in [-0.1, -0.05) is 25.1 Å². The minimum absolute atomic E-state index is 0.226. The second kappa shape index (κ2) is 3.82. The second-order valence-corrected chi connectivity index (χ2v) is 3.63. The molecule has 0 aliphatic carbocycles. The van der Waals surface area contributed by atoms with Gasteiger partial charge in [-0.05, 0) is 18.1 Å². The van der Waals surface area contributed by atoms with E-state index in [1.54, 1.807) is 0 Å². The van der Waals surface area contributed by atoms with Crippen molar-refractivity contribution in [3.63, 3.8) is 0 Å². The van der Waals surface area contributed by atoms with Crippen LogP contribution in [0.4, 0.5) is 0 Å². The predicted molar refractivity (Wildman–Crippen MR) is 54.5 cm³/mol. The average Bonchev–Trinajstić information content (AvgIpc) is 2.61. The van der Waals surface area contributed by atoms with E-state index in [1.807, 2.05) is 31.2 Å². The summed E-state index contributed by atoms with van der Waals surface area (Å²) in [6.45, 7) is 2.01. The SMILES string of the molecule is CCCC(=O)C1Cc2ccccc2O1. The van der Waals surface area contributed by atoms with E-state index in [2.05, 4.69) is 0 Å². The van der Waals surface area contributed by atoms with Crippen LogP contribution in [0.3, 0.4) is 0 Å². The van der Waals surface area contributed by atoms with Crippen molar-refractivity contribution < 1.29 is 9.53 Å². The van der Waals surface area contributed by atoms with Crippen molar-refractivity contribution in [1.82, 2.24) is 0 Å². The first kappa shape index (κ1) is 9.25. The molecule has 0 bridgehead atoms. The largest absolute Gasteiger partial charge is 0.482 e. The fourth-order valence-corrected chi connectivity index (χ4v) is 1.77.